The summed E-state index contributed by atoms with van der Waals surface area (Å²) in [5, 5.41) is 0. The molecule has 2 aliphatic rings. The molecule has 0 amide bonds. The van der Waals surface area contributed by atoms with Crippen LogP contribution in [0.2, 0.25) is 0 Å². The molecule has 2 heteroatoms. The van der Waals surface area contributed by atoms with Gasteiger partial charge in [-0.05, 0) is 24.7 Å². The van der Waals surface area contributed by atoms with Crippen LogP contribution < -0.4 is 0 Å². The zero-order valence-corrected chi connectivity index (χ0v) is 8.83. The van der Waals surface area contributed by atoms with Crippen molar-refractivity contribution < 1.29 is 4.74 Å². The molecule has 0 spiro atoms. The zero-order valence-electron chi connectivity index (χ0n) is 8.83. The van der Waals surface area contributed by atoms with Crippen molar-refractivity contribution >= 4 is 0 Å². The van der Waals surface area contributed by atoms with Crippen LogP contribution in [0.3, 0.4) is 0 Å². The van der Waals surface area contributed by atoms with E-state index in [9.17, 15) is 0 Å². The van der Waals surface area contributed by atoms with E-state index in [0.717, 1.165) is 31.6 Å². The minimum atomic E-state index is 0.696. The van der Waals surface area contributed by atoms with Crippen LogP contribution in [-0.2, 0) is 4.74 Å². The Labute approximate surface area is 81.3 Å². The van der Waals surface area contributed by atoms with Crippen molar-refractivity contribution in [2.75, 3.05) is 26.3 Å². The third kappa shape index (κ3) is 2.23. The van der Waals surface area contributed by atoms with Crippen LogP contribution >= 0.6 is 0 Å². The minimum Gasteiger partial charge on any atom is -0.378 e. The molecule has 0 radical (unpaired) electrons. The van der Waals surface area contributed by atoms with Crippen LogP contribution in [0, 0.1) is 11.8 Å². The van der Waals surface area contributed by atoms with Gasteiger partial charge in [-0.3, -0.25) is 4.90 Å². The van der Waals surface area contributed by atoms with Crippen molar-refractivity contribution in [2.24, 2.45) is 11.8 Å². The summed E-state index contributed by atoms with van der Waals surface area (Å²) >= 11 is 0. The second-order valence-electron chi connectivity index (χ2n) is 4.60. The Morgan fingerprint density at radius 1 is 1.46 bits per heavy atom. The van der Waals surface area contributed by atoms with Crippen molar-refractivity contribution in [3.63, 3.8) is 0 Å². The highest BCUT2D eigenvalue weighted by atomic mass is 16.5. The minimum absolute atomic E-state index is 0.696. The van der Waals surface area contributed by atoms with E-state index in [4.69, 9.17) is 4.74 Å². The molecule has 1 heterocycles. The third-order valence-corrected chi connectivity index (χ3v) is 3.57. The van der Waals surface area contributed by atoms with E-state index in [0.29, 0.717) is 6.04 Å². The Morgan fingerprint density at radius 3 is 2.85 bits per heavy atom. The molecule has 2 rings (SSSR count). The van der Waals surface area contributed by atoms with Crippen molar-refractivity contribution in [1.82, 2.24) is 4.90 Å². The summed E-state index contributed by atoms with van der Waals surface area (Å²) in [4.78, 5) is 2.64. The predicted octanol–water partition coefficient (Wildman–Crippen LogP) is 1.75. The van der Waals surface area contributed by atoms with Gasteiger partial charge in [-0.25, -0.2) is 0 Å². The Hall–Kier alpha value is -0.0800. The van der Waals surface area contributed by atoms with E-state index in [2.05, 4.69) is 18.7 Å². The molecular formula is C11H21NO. The van der Waals surface area contributed by atoms with E-state index in [1.165, 1.54) is 19.4 Å². The number of nitrogens with zero attached hydrogens (tertiary/aromatic N) is 1. The molecule has 1 saturated heterocycles. The molecule has 0 bridgehead atoms. The fourth-order valence-corrected chi connectivity index (χ4v) is 2.26. The molecule has 1 aliphatic heterocycles. The molecule has 13 heavy (non-hydrogen) atoms. The Balaban J connectivity index is 1.80. The standard InChI is InChI=1S/C11H21NO/c1-3-11-8-13-5-4-12(11)7-10-6-9(10)2/h9-11H,3-8H2,1-2H3. The summed E-state index contributed by atoms with van der Waals surface area (Å²) in [6.45, 7) is 9.01. The molecule has 3 atom stereocenters. The molecule has 76 valence electrons. The normalized spacial score (nSPS) is 40.6. The SMILES string of the molecule is CCC1COCCN1CC1CC1C. The van der Waals surface area contributed by atoms with Crippen molar-refractivity contribution in [3.05, 3.63) is 0 Å². The van der Waals surface area contributed by atoms with Crippen LogP contribution in [0.5, 0.6) is 0 Å². The lowest BCUT2D eigenvalue weighted by atomic mass is 10.1. The average molecular weight is 183 g/mol. The van der Waals surface area contributed by atoms with E-state index >= 15 is 0 Å². The van der Waals surface area contributed by atoms with E-state index in [1.54, 1.807) is 0 Å². The van der Waals surface area contributed by atoms with Gasteiger partial charge in [0.1, 0.15) is 0 Å². The lowest BCUT2D eigenvalue weighted by molar-refractivity contribution is -0.0111. The molecule has 1 aliphatic carbocycles. The maximum Gasteiger partial charge on any atom is 0.0622 e. The van der Waals surface area contributed by atoms with Crippen LogP contribution in [0.25, 0.3) is 0 Å². The molecule has 0 aromatic heterocycles. The Kier molecular flexibility index (Phi) is 2.89. The van der Waals surface area contributed by atoms with E-state index < -0.39 is 0 Å². The van der Waals surface area contributed by atoms with Gasteiger partial charge in [-0.1, -0.05) is 13.8 Å². The van der Waals surface area contributed by atoms with Crippen molar-refractivity contribution in [3.8, 4) is 0 Å². The summed E-state index contributed by atoms with van der Waals surface area (Å²) in [5.74, 6) is 1.98. The maximum absolute atomic E-state index is 5.49. The number of ether oxygens (including phenoxy) is 1. The summed E-state index contributed by atoms with van der Waals surface area (Å²) in [6, 6.07) is 0.696. The number of rotatable bonds is 3. The lowest BCUT2D eigenvalue weighted by Gasteiger charge is -2.35. The van der Waals surface area contributed by atoms with Crippen molar-refractivity contribution in [1.29, 1.82) is 0 Å². The molecule has 3 unspecified atom stereocenters. The largest absolute Gasteiger partial charge is 0.378 e. The Morgan fingerprint density at radius 2 is 2.23 bits per heavy atom. The quantitative estimate of drug-likeness (QED) is 0.661. The van der Waals surface area contributed by atoms with Gasteiger partial charge in [0.25, 0.3) is 0 Å². The van der Waals surface area contributed by atoms with Crippen LogP contribution in [0.15, 0.2) is 0 Å². The van der Waals surface area contributed by atoms with E-state index in [-0.39, 0.29) is 0 Å². The van der Waals surface area contributed by atoms with Gasteiger partial charge in [-0.2, -0.15) is 0 Å². The highest BCUT2D eigenvalue weighted by molar-refractivity contribution is 4.87. The highest BCUT2D eigenvalue weighted by Crippen LogP contribution is 2.38. The summed E-state index contributed by atoms with van der Waals surface area (Å²) in [5.41, 5.74) is 0. The molecule has 1 saturated carbocycles. The molecular weight excluding hydrogens is 162 g/mol. The molecule has 0 N–H and O–H groups in total. The van der Waals surface area contributed by atoms with Gasteiger partial charge in [-0.15, -0.1) is 0 Å². The number of hydrogen-bond donors (Lipinski definition) is 0. The molecule has 2 nitrogen and oxygen atoms in total. The number of hydrogen-bond acceptors (Lipinski definition) is 2. The van der Waals surface area contributed by atoms with Crippen molar-refractivity contribution in [2.45, 2.75) is 32.7 Å². The smallest absolute Gasteiger partial charge is 0.0622 e. The highest BCUT2D eigenvalue weighted by Gasteiger charge is 2.35. The summed E-state index contributed by atoms with van der Waals surface area (Å²) < 4.78 is 5.49. The molecule has 0 aromatic rings. The molecule has 0 aromatic carbocycles. The van der Waals surface area contributed by atoms with Gasteiger partial charge >= 0.3 is 0 Å². The Bertz CT molecular complexity index is 171. The zero-order chi connectivity index (χ0) is 9.26. The lowest BCUT2D eigenvalue weighted by Crippen LogP contribution is -2.46. The first-order valence-corrected chi connectivity index (χ1v) is 5.63. The van der Waals surface area contributed by atoms with Gasteiger partial charge in [0.15, 0.2) is 0 Å². The first kappa shape index (κ1) is 9.47. The van der Waals surface area contributed by atoms with Crippen LogP contribution in [-0.4, -0.2) is 37.2 Å². The van der Waals surface area contributed by atoms with Gasteiger partial charge < -0.3 is 4.74 Å². The summed E-state index contributed by atoms with van der Waals surface area (Å²) in [7, 11) is 0. The fraction of sp³-hybridized carbons (Fsp3) is 1.00. The average Bonchev–Trinajstić information content (AvgIpc) is 2.83. The first-order valence-electron chi connectivity index (χ1n) is 5.63. The van der Waals surface area contributed by atoms with Gasteiger partial charge in [0.05, 0.1) is 13.2 Å². The molecule has 2 fully saturated rings. The summed E-state index contributed by atoms with van der Waals surface area (Å²) in [6.07, 6.45) is 2.69. The van der Waals surface area contributed by atoms with E-state index in [1.807, 2.05) is 0 Å². The second-order valence-corrected chi connectivity index (χ2v) is 4.60. The third-order valence-electron chi connectivity index (χ3n) is 3.57. The monoisotopic (exact) mass is 183 g/mol. The maximum atomic E-state index is 5.49. The van der Waals surface area contributed by atoms with Gasteiger partial charge in [0.2, 0.25) is 0 Å². The second kappa shape index (κ2) is 3.97. The topological polar surface area (TPSA) is 12.5 Å². The van der Waals surface area contributed by atoms with Crippen LogP contribution in [0.4, 0.5) is 0 Å². The number of morpholine rings is 1. The first-order chi connectivity index (χ1) is 6.31. The van der Waals surface area contributed by atoms with Gasteiger partial charge in [0, 0.05) is 19.1 Å². The fourth-order valence-electron chi connectivity index (χ4n) is 2.26. The predicted molar refractivity (Wildman–Crippen MR) is 53.7 cm³/mol. The van der Waals surface area contributed by atoms with Crippen LogP contribution in [0.1, 0.15) is 26.7 Å².